The van der Waals surface area contributed by atoms with Crippen LogP contribution in [0.4, 0.5) is 0 Å². The Morgan fingerprint density at radius 2 is 2.09 bits per heavy atom. The van der Waals surface area contributed by atoms with Crippen LogP contribution in [0.25, 0.3) is 11.0 Å². The number of nitrogens with zero attached hydrogens (tertiary/aromatic N) is 3. The lowest BCUT2D eigenvalue weighted by atomic mass is 9.76. The minimum Gasteiger partial charge on any atom is -0.390 e. The van der Waals surface area contributed by atoms with Crippen molar-refractivity contribution in [1.82, 2.24) is 14.9 Å². The molecule has 5 N–H and O–H groups in total. The number of nitrogens with one attached hydrogen (secondary N) is 1. The summed E-state index contributed by atoms with van der Waals surface area (Å²) in [6.45, 7) is 11.5. The van der Waals surface area contributed by atoms with E-state index in [1.54, 1.807) is 0 Å². The highest BCUT2D eigenvalue weighted by molar-refractivity contribution is 5.76. The van der Waals surface area contributed by atoms with Crippen LogP contribution in [0, 0.1) is 5.92 Å². The number of fused-ring (bicyclic) bond motifs is 1. The van der Waals surface area contributed by atoms with Gasteiger partial charge in [-0.05, 0) is 62.1 Å². The zero-order valence-corrected chi connectivity index (χ0v) is 21.2. The summed E-state index contributed by atoms with van der Waals surface area (Å²) in [5.74, 6) is 1.73. The number of hydrogen-bond donors (Lipinski definition) is 4. The normalized spacial score (nSPS) is 30.1. The maximum Gasteiger partial charge on any atom is 0.209 e. The summed E-state index contributed by atoms with van der Waals surface area (Å²) in [6.07, 6.45) is 3.77. The summed E-state index contributed by atoms with van der Waals surface area (Å²) in [7, 11) is 0. The number of rotatable bonds is 8. The lowest BCUT2D eigenvalue weighted by molar-refractivity contribution is -0.0553. The SMILES string of the molecule is CC(C)N(C[C@H]1OC[C@](O)(N=CN)[C@@H]1O)C1CC(CCc2nc3ccc(C(C)(C)C)cc3[nH]2)C1. The lowest BCUT2D eigenvalue weighted by Gasteiger charge is -2.46. The second-order valence-corrected chi connectivity index (χ2v) is 11.4. The average Bonchev–Trinajstić information content (AvgIpc) is 3.26. The van der Waals surface area contributed by atoms with Gasteiger partial charge in [-0.3, -0.25) is 4.90 Å². The maximum absolute atomic E-state index is 10.5. The standard InChI is InChI=1S/C26H41N5O3/c1-16(2)31(13-22-24(32)26(33,14-34-22)28-15-27)19-10-17(11-19)6-9-23-29-20-8-7-18(25(3,4)5)12-21(20)30-23/h7-8,12,15-17,19,22,24,32-33H,6,9-11,13-14H2,1-5H3,(H2,27,28)(H,29,30)/t17?,19?,22-,24-,26-/m1/s1. The van der Waals surface area contributed by atoms with Gasteiger partial charge in [0.05, 0.1) is 24.0 Å². The van der Waals surface area contributed by atoms with E-state index in [9.17, 15) is 10.2 Å². The summed E-state index contributed by atoms with van der Waals surface area (Å²) in [5, 5.41) is 21.0. The predicted molar refractivity (Wildman–Crippen MR) is 135 cm³/mol. The summed E-state index contributed by atoms with van der Waals surface area (Å²) in [6, 6.07) is 7.30. The van der Waals surface area contributed by atoms with Gasteiger partial charge in [0, 0.05) is 25.0 Å². The Balaban J connectivity index is 1.30. The first kappa shape index (κ1) is 25.1. The molecule has 1 saturated heterocycles. The summed E-state index contributed by atoms with van der Waals surface area (Å²) < 4.78 is 5.70. The van der Waals surface area contributed by atoms with Gasteiger partial charge in [0.25, 0.3) is 0 Å². The van der Waals surface area contributed by atoms with E-state index in [2.05, 4.69) is 67.7 Å². The van der Waals surface area contributed by atoms with Crippen molar-refractivity contribution in [2.75, 3.05) is 13.2 Å². The van der Waals surface area contributed by atoms with E-state index >= 15 is 0 Å². The highest BCUT2D eigenvalue weighted by Gasteiger charge is 2.49. The fraction of sp³-hybridized carbons (Fsp3) is 0.692. The average molecular weight is 472 g/mol. The third-order valence-electron chi connectivity index (χ3n) is 7.55. The van der Waals surface area contributed by atoms with Crippen molar-refractivity contribution in [3.63, 3.8) is 0 Å². The van der Waals surface area contributed by atoms with Crippen molar-refractivity contribution in [2.24, 2.45) is 16.6 Å². The van der Waals surface area contributed by atoms with Crippen LogP contribution < -0.4 is 5.73 Å². The lowest BCUT2D eigenvalue weighted by Crippen LogP contribution is -2.53. The number of aromatic amines is 1. The van der Waals surface area contributed by atoms with E-state index in [4.69, 9.17) is 15.5 Å². The van der Waals surface area contributed by atoms with Gasteiger partial charge in [0.2, 0.25) is 5.72 Å². The Labute approximate surface area is 202 Å². The van der Waals surface area contributed by atoms with Crippen molar-refractivity contribution >= 4 is 17.4 Å². The van der Waals surface area contributed by atoms with Gasteiger partial charge >= 0.3 is 0 Å². The second kappa shape index (κ2) is 9.57. The smallest absolute Gasteiger partial charge is 0.209 e. The van der Waals surface area contributed by atoms with E-state index in [0.29, 0.717) is 24.5 Å². The number of aromatic nitrogens is 2. The summed E-state index contributed by atoms with van der Waals surface area (Å²) in [5.41, 5.74) is 7.27. The number of aliphatic hydroxyl groups excluding tert-OH is 1. The number of imidazole rings is 1. The molecule has 4 rings (SSSR count). The molecule has 2 aromatic rings. The maximum atomic E-state index is 10.5. The molecule has 8 heteroatoms. The second-order valence-electron chi connectivity index (χ2n) is 11.4. The van der Waals surface area contributed by atoms with Crippen LogP contribution in [0.5, 0.6) is 0 Å². The number of aliphatic imine (C=N–C) groups is 1. The third-order valence-corrected chi connectivity index (χ3v) is 7.55. The van der Waals surface area contributed by atoms with Gasteiger partial charge < -0.3 is 25.7 Å². The molecule has 0 radical (unpaired) electrons. The van der Waals surface area contributed by atoms with Crippen LogP contribution in [-0.2, 0) is 16.6 Å². The number of ether oxygens (including phenoxy) is 1. The Kier molecular flexibility index (Phi) is 7.06. The minimum absolute atomic E-state index is 0.0412. The molecule has 1 saturated carbocycles. The molecule has 2 heterocycles. The molecular weight excluding hydrogens is 430 g/mol. The molecule has 0 amide bonds. The molecule has 1 aromatic carbocycles. The molecule has 188 valence electrons. The number of hydrogen-bond acceptors (Lipinski definition) is 6. The van der Waals surface area contributed by atoms with Gasteiger partial charge in [-0.15, -0.1) is 0 Å². The van der Waals surface area contributed by atoms with Crippen molar-refractivity contribution in [3.8, 4) is 0 Å². The summed E-state index contributed by atoms with van der Waals surface area (Å²) >= 11 is 0. The van der Waals surface area contributed by atoms with Crippen LogP contribution in [0.2, 0.25) is 0 Å². The molecule has 2 fully saturated rings. The first-order valence-electron chi connectivity index (χ1n) is 12.5. The molecule has 1 aliphatic heterocycles. The molecular formula is C26H41N5O3. The number of nitrogens with two attached hydrogens (primary N) is 1. The molecule has 34 heavy (non-hydrogen) atoms. The molecule has 0 unspecified atom stereocenters. The van der Waals surface area contributed by atoms with Gasteiger partial charge in [0.1, 0.15) is 18.0 Å². The van der Waals surface area contributed by atoms with Crippen LogP contribution in [-0.4, -0.2) is 74.6 Å². The monoisotopic (exact) mass is 471 g/mol. The van der Waals surface area contributed by atoms with E-state index in [1.165, 1.54) is 5.56 Å². The van der Waals surface area contributed by atoms with E-state index < -0.39 is 17.9 Å². The first-order chi connectivity index (χ1) is 16.0. The number of H-pyrrole nitrogens is 1. The largest absolute Gasteiger partial charge is 0.390 e. The van der Waals surface area contributed by atoms with Crippen molar-refractivity contribution in [1.29, 1.82) is 0 Å². The van der Waals surface area contributed by atoms with Crippen LogP contribution in [0.1, 0.15) is 65.3 Å². The van der Waals surface area contributed by atoms with Crippen LogP contribution in [0.15, 0.2) is 23.2 Å². The van der Waals surface area contributed by atoms with Gasteiger partial charge in [-0.25, -0.2) is 9.98 Å². The molecule has 1 aliphatic carbocycles. The van der Waals surface area contributed by atoms with E-state index in [-0.39, 0.29) is 12.0 Å². The predicted octanol–water partition coefficient (Wildman–Crippen LogP) is 2.72. The summed E-state index contributed by atoms with van der Waals surface area (Å²) in [4.78, 5) is 14.5. The van der Waals surface area contributed by atoms with Crippen molar-refractivity contribution < 1.29 is 14.9 Å². The number of aliphatic hydroxyl groups is 2. The Bertz CT molecular complexity index is 1010. The van der Waals surface area contributed by atoms with Crippen LogP contribution >= 0.6 is 0 Å². The topological polar surface area (TPSA) is 120 Å². The van der Waals surface area contributed by atoms with Gasteiger partial charge in [-0.2, -0.15) is 0 Å². The molecule has 1 aromatic heterocycles. The first-order valence-corrected chi connectivity index (χ1v) is 12.5. The highest BCUT2D eigenvalue weighted by Crippen LogP contribution is 2.37. The fourth-order valence-electron chi connectivity index (χ4n) is 5.28. The Morgan fingerprint density at radius 3 is 2.74 bits per heavy atom. The van der Waals surface area contributed by atoms with Crippen molar-refractivity contribution in [3.05, 3.63) is 29.6 Å². The highest BCUT2D eigenvalue weighted by atomic mass is 16.5. The van der Waals surface area contributed by atoms with Gasteiger partial charge in [-0.1, -0.05) is 26.8 Å². The van der Waals surface area contributed by atoms with Crippen molar-refractivity contribution in [2.45, 2.75) is 95.7 Å². The molecule has 0 spiro atoms. The molecule has 8 nitrogen and oxygen atoms in total. The zero-order chi connectivity index (χ0) is 24.7. The van der Waals surface area contributed by atoms with E-state index in [0.717, 1.165) is 48.9 Å². The fourth-order valence-corrected chi connectivity index (χ4v) is 5.28. The third kappa shape index (κ3) is 5.15. The Morgan fingerprint density at radius 1 is 1.35 bits per heavy atom. The Hall–Kier alpha value is -2.00. The molecule has 3 atom stereocenters. The molecule has 2 aliphatic rings. The quantitative estimate of drug-likeness (QED) is 0.347. The minimum atomic E-state index is -1.65. The van der Waals surface area contributed by atoms with Crippen LogP contribution in [0.3, 0.4) is 0 Å². The van der Waals surface area contributed by atoms with Gasteiger partial charge in [0.15, 0.2) is 0 Å². The zero-order valence-electron chi connectivity index (χ0n) is 21.2. The number of aryl methyl sites for hydroxylation is 1. The number of benzene rings is 1. The molecule has 0 bridgehead atoms. The van der Waals surface area contributed by atoms with E-state index in [1.807, 2.05) is 0 Å².